The molecule has 0 spiro atoms. The molecular formula is C34H39N7O5S. The zero-order valence-electron chi connectivity index (χ0n) is 26.4. The van der Waals surface area contributed by atoms with Crippen LogP contribution in [0.5, 0.6) is 5.75 Å². The van der Waals surface area contributed by atoms with Crippen LogP contribution in [0.4, 0.5) is 17.2 Å². The van der Waals surface area contributed by atoms with Gasteiger partial charge in [-0.15, -0.1) is 0 Å². The van der Waals surface area contributed by atoms with Gasteiger partial charge in [0.15, 0.2) is 0 Å². The number of nitrogens with one attached hydrogen (secondary N) is 2. The number of aromatic nitrogens is 3. The summed E-state index contributed by atoms with van der Waals surface area (Å²) in [5, 5.41) is 11.4. The highest BCUT2D eigenvalue weighted by Gasteiger charge is 2.15. The normalized spacial score (nSPS) is 13.8. The third-order valence-electron chi connectivity index (χ3n) is 7.98. The Bertz CT molecular complexity index is 1870. The van der Waals surface area contributed by atoms with Crippen molar-refractivity contribution >= 4 is 44.6 Å². The molecule has 0 unspecified atom stereocenters. The Kier molecular flexibility index (Phi) is 11.0. The zero-order valence-corrected chi connectivity index (χ0v) is 27.2. The Morgan fingerprint density at radius 2 is 1.60 bits per heavy atom. The van der Waals surface area contributed by atoms with Crippen LogP contribution < -0.4 is 14.8 Å². The second-order valence-corrected chi connectivity index (χ2v) is 12.8. The van der Waals surface area contributed by atoms with Crippen LogP contribution in [0, 0.1) is 0 Å². The Labute approximate surface area is 274 Å². The molecular weight excluding hydrogens is 618 g/mol. The van der Waals surface area contributed by atoms with Crippen LogP contribution in [-0.4, -0.2) is 91.2 Å². The van der Waals surface area contributed by atoms with Gasteiger partial charge in [-0.25, -0.2) is 18.4 Å². The van der Waals surface area contributed by atoms with Crippen molar-refractivity contribution in [3.05, 3.63) is 91.4 Å². The number of carboxylic acid groups (broad SMARTS) is 1. The molecule has 0 atom stereocenters. The molecule has 3 N–H and O–H groups in total. The van der Waals surface area contributed by atoms with Gasteiger partial charge in [-0.2, -0.15) is 0 Å². The van der Waals surface area contributed by atoms with E-state index in [0.717, 1.165) is 62.6 Å². The van der Waals surface area contributed by atoms with Crippen LogP contribution >= 0.6 is 0 Å². The van der Waals surface area contributed by atoms with Gasteiger partial charge in [-0.05, 0) is 86.7 Å². The van der Waals surface area contributed by atoms with Gasteiger partial charge >= 0.3 is 0 Å². The van der Waals surface area contributed by atoms with Crippen molar-refractivity contribution in [2.75, 3.05) is 56.9 Å². The van der Waals surface area contributed by atoms with Crippen LogP contribution in [0.25, 0.3) is 22.2 Å². The first-order chi connectivity index (χ1) is 22.8. The van der Waals surface area contributed by atoms with Gasteiger partial charge in [0.25, 0.3) is 16.5 Å². The van der Waals surface area contributed by atoms with Crippen molar-refractivity contribution in [3.8, 4) is 17.0 Å². The fourth-order valence-corrected chi connectivity index (χ4v) is 6.47. The Morgan fingerprint density at radius 1 is 0.894 bits per heavy atom. The SMILES string of the molecule is COc1ccc(S(=O)(=O)Nc2ccc(Nc3cc(-c4ccc5c(ccn5CCCN5CCN(C)CC5)c4)ncn3)cc2)cc1.O=CO. The number of hydrogen-bond donors (Lipinski definition) is 3. The first kappa shape index (κ1) is 33.4. The summed E-state index contributed by atoms with van der Waals surface area (Å²) < 4.78 is 35.6. The highest BCUT2D eigenvalue weighted by molar-refractivity contribution is 7.92. The topological polar surface area (TPSA) is 142 Å². The summed E-state index contributed by atoms with van der Waals surface area (Å²) in [7, 11) is 0.00472. The van der Waals surface area contributed by atoms with Crippen molar-refractivity contribution in [2.24, 2.45) is 0 Å². The number of methoxy groups -OCH3 is 1. The minimum Gasteiger partial charge on any atom is -0.497 e. The number of likely N-dealkylation sites (N-methyl/N-ethyl adjacent to an activating group) is 1. The molecule has 0 aliphatic carbocycles. The van der Waals surface area contributed by atoms with Crippen molar-refractivity contribution < 1.29 is 23.1 Å². The van der Waals surface area contributed by atoms with E-state index in [1.807, 2.05) is 6.07 Å². The molecule has 6 rings (SSSR count). The molecule has 13 heteroatoms. The molecule has 1 fully saturated rings. The van der Waals surface area contributed by atoms with E-state index in [4.69, 9.17) is 14.6 Å². The van der Waals surface area contributed by atoms with Crippen LogP contribution in [0.1, 0.15) is 6.42 Å². The highest BCUT2D eigenvalue weighted by Crippen LogP contribution is 2.27. The van der Waals surface area contributed by atoms with Gasteiger partial charge in [-0.1, -0.05) is 6.07 Å². The molecule has 1 aliphatic heterocycles. The number of rotatable bonds is 11. The van der Waals surface area contributed by atoms with E-state index in [9.17, 15) is 8.42 Å². The minimum atomic E-state index is -3.72. The van der Waals surface area contributed by atoms with Gasteiger partial charge < -0.3 is 29.5 Å². The van der Waals surface area contributed by atoms with E-state index in [2.05, 4.69) is 71.9 Å². The summed E-state index contributed by atoms with van der Waals surface area (Å²) in [5.41, 5.74) is 4.28. The van der Waals surface area contributed by atoms with E-state index in [-0.39, 0.29) is 11.4 Å². The lowest BCUT2D eigenvalue weighted by Gasteiger charge is -2.32. The number of anilines is 3. The number of ether oxygens (including phenoxy) is 1. The van der Waals surface area contributed by atoms with E-state index in [1.54, 1.807) is 42.7 Å². The molecule has 1 saturated heterocycles. The summed E-state index contributed by atoms with van der Waals surface area (Å²) in [6, 6.07) is 23.8. The van der Waals surface area contributed by atoms with E-state index in [1.165, 1.54) is 30.1 Å². The molecule has 12 nitrogen and oxygen atoms in total. The van der Waals surface area contributed by atoms with Gasteiger partial charge in [0.1, 0.15) is 17.9 Å². The Morgan fingerprint density at radius 3 is 2.30 bits per heavy atom. The molecule has 2 aromatic heterocycles. The fourth-order valence-electron chi connectivity index (χ4n) is 5.41. The number of nitrogens with zero attached hydrogens (tertiary/aromatic N) is 5. The van der Waals surface area contributed by atoms with Gasteiger partial charge in [-0.3, -0.25) is 9.52 Å². The lowest BCUT2D eigenvalue weighted by molar-refractivity contribution is -0.122. The molecule has 0 bridgehead atoms. The smallest absolute Gasteiger partial charge is 0.290 e. The first-order valence-electron chi connectivity index (χ1n) is 15.2. The number of hydrogen-bond acceptors (Lipinski definition) is 9. The molecule has 3 heterocycles. The van der Waals surface area contributed by atoms with E-state index >= 15 is 0 Å². The maximum Gasteiger partial charge on any atom is 0.290 e. The molecule has 3 aromatic carbocycles. The van der Waals surface area contributed by atoms with E-state index < -0.39 is 10.0 Å². The number of fused-ring (bicyclic) bond motifs is 1. The molecule has 246 valence electrons. The van der Waals surface area contributed by atoms with Crippen LogP contribution in [0.2, 0.25) is 0 Å². The summed E-state index contributed by atoms with van der Waals surface area (Å²) >= 11 is 0. The second kappa shape index (κ2) is 15.5. The zero-order chi connectivity index (χ0) is 33.2. The fraction of sp³-hybridized carbons (Fsp3) is 0.265. The van der Waals surface area contributed by atoms with Crippen molar-refractivity contribution in [1.82, 2.24) is 24.3 Å². The standard InChI is InChI=1S/C33H37N7O3S.CH2O2/c1-38-18-20-39(21-19-38)15-3-16-40-17-14-26-22-25(4-13-32(26)40)31-23-33(35-24-34-31)36-27-5-7-28(8-6-27)37-44(41,42)30-11-9-29(43-2)10-12-30;2-1-3/h4-14,17,22-24,37H,3,15-16,18-21H2,1-2H3,(H,34,35,36);1H,(H,2,3). The summed E-state index contributed by atoms with van der Waals surface area (Å²) in [4.78, 5) is 22.4. The maximum atomic E-state index is 12.8. The van der Waals surface area contributed by atoms with Crippen molar-refractivity contribution in [1.29, 1.82) is 0 Å². The number of sulfonamides is 1. The van der Waals surface area contributed by atoms with Gasteiger partial charge in [0, 0.05) is 72.8 Å². The number of benzene rings is 3. The maximum absolute atomic E-state index is 12.8. The molecule has 5 aromatic rings. The largest absolute Gasteiger partial charge is 0.497 e. The minimum absolute atomic E-state index is 0.157. The lowest BCUT2D eigenvalue weighted by Crippen LogP contribution is -2.44. The Hall–Kier alpha value is -4.98. The second-order valence-electron chi connectivity index (χ2n) is 11.2. The quantitative estimate of drug-likeness (QED) is 0.166. The van der Waals surface area contributed by atoms with Crippen LogP contribution in [0.15, 0.2) is 96.3 Å². The molecule has 47 heavy (non-hydrogen) atoms. The Balaban J connectivity index is 0.00000139. The van der Waals surface area contributed by atoms with Crippen LogP contribution in [0.3, 0.4) is 0 Å². The first-order valence-corrected chi connectivity index (χ1v) is 16.7. The third kappa shape index (κ3) is 8.85. The average molecular weight is 658 g/mol. The van der Waals surface area contributed by atoms with Crippen LogP contribution in [-0.2, 0) is 21.4 Å². The number of carbonyl (C=O) groups is 1. The van der Waals surface area contributed by atoms with Gasteiger partial charge in [0.2, 0.25) is 0 Å². The van der Waals surface area contributed by atoms with Crippen molar-refractivity contribution in [2.45, 2.75) is 17.9 Å². The van der Waals surface area contributed by atoms with Crippen molar-refractivity contribution in [3.63, 3.8) is 0 Å². The average Bonchev–Trinajstić information content (AvgIpc) is 3.49. The highest BCUT2D eigenvalue weighted by atomic mass is 32.2. The number of aryl methyl sites for hydroxylation is 1. The summed E-state index contributed by atoms with van der Waals surface area (Å²) in [5.74, 6) is 1.23. The predicted molar refractivity (Wildman–Crippen MR) is 184 cm³/mol. The predicted octanol–water partition coefficient (Wildman–Crippen LogP) is 4.99. The lowest BCUT2D eigenvalue weighted by atomic mass is 10.1. The molecule has 0 radical (unpaired) electrons. The molecule has 0 amide bonds. The monoisotopic (exact) mass is 657 g/mol. The summed E-state index contributed by atoms with van der Waals surface area (Å²) in [6.45, 7) is 6.48. The van der Waals surface area contributed by atoms with Gasteiger partial charge in [0.05, 0.1) is 17.7 Å². The molecule has 1 aliphatic rings. The number of piperazine rings is 1. The third-order valence-corrected chi connectivity index (χ3v) is 9.38. The van der Waals surface area contributed by atoms with E-state index in [0.29, 0.717) is 17.3 Å². The molecule has 0 saturated carbocycles. The summed E-state index contributed by atoms with van der Waals surface area (Å²) in [6.07, 6.45) is 4.85.